The number of likely N-dealkylation sites (tertiary alicyclic amines) is 1. The predicted molar refractivity (Wildman–Crippen MR) is 67.6 cm³/mol. The molecule has 1 aromatic heterocycles. The Morgan fingerprint density at radius 2 is 2.53 bits per heavy atom. The lowest BCUT2D eigenvalue weighted by Gasteiger charge is -2.37. The molecule has 1 fully saturated rings. The maximum atomic E-state index is 5.91. The highest BCUT2D eigenvalue weighted by Gasteiger charge is 2.25. The summed E-state index contributed by atoms with van der Waals surface area (Å²) in [7, 11) is 1.79. The standard InChI is InChI=1S/C13H21N3O/c1-17-12-5-3-7-16(10-12)13(8-14)11-4-2-6-15-9-11/h2,4,6,9,12-13H,3,5,7-8,10,14H2,1H3. The number of nitrogens with zero attached hydrogens (tertiary/aromatic N) is 2. The molecule has 2 atom stereocenters. The minimum absolute atomic E-state index is 0.265. The third kappa shape index (κ3) is 3.03. The van der Waals surface area contributed by atoms with Crippen LogP contribution >= 0.6 is 0 Å². The van der Waals surface area contributed by atoms with Crippen LogP contribution in [0.4, 0.5) is 0 Å². The van der Waals surface area contributed by atoms with E-state index in [1.54, 1.807) is 13.3 Å². The van der Waals surface area contributed by atoms with Gasteiger partial charge in [0.1, 0.15) is 0 Å². The van der Waals surface area contributed by atoms with Crippen LogP contribution in [0.5, 0.6) is 0 Å². The summed E-state index contributed by atoms with van der Waals surface area (Å²) in [6.07, 6.45) is 6.38. The maximum absolute atomic E-state index is 5.91. The number of hydrogen-bond donors (Lipinski definition) is 1. The van der Waals surface area contributed by atoms with Crippen LogP contribution in [0.1, 0.15) is 24.4 Å². The molecule has 2 heterocycles. The van der Waals surface area contributed by atoms with Crippen molar-refractivity contribution in [2.45, 2.75) is 25.0 Å². The average molecular weight is 235 g/mol. The second-order valence-corrected chi connectivity index (χ2v) is 4.53. The zero-order valence-electron chi connectivity index (χ0n) is 10.4. The Hall–Kier alpha value is -0.970. The summed E-state index contributed by atoms with van der Waals surface area (Å²) in [6, 6.07) is 4.33. The second kappa shape index (κ2) is 6.10. The fraction of sp³-hybridized carbons (Fsp3) is 0.615. The molecule has 0 bridgehead atoms. The first kappa shape index (κ1) is 12.5. The molecule has 0 amide bonds. The number of methoxy groups -OCH3 is 1. The predicted octanol–water partition coefficient (Wildman–Crippen LogP) is 1.19. The van der Waals surface area contributed by atoms with Crippen LogP contribution in [0.2, 0.25) is 0 Å². The van der Waals surface area contributed by atoms with Gasteiger partial charge in [0.05, 0.1) is 6.10 Å². The van der Waals surface area contributed by atoms with Crippen molar-refractivity contribution in [1.82, 2.24) is 9.88 Å². The lowest BCUT2D eigenvalue weighted by Crippen LogP contribution is -2.43. The van der Waals surface area contributed by atoms with Crippen molar-refractivity contribution < 1.29 is 4.74 Å². The average Bonchev–Trinajstić information content (AvgIpc) is 2.41. The van der Waals surface area contributed by atoms with Gasteiger partial charge in [-0.1, -0.05) is 6.07 Å². The van der Waals surface area contributed by atoms with Gasteiger partial charge in [-0.05, 0) is 31.0 Å². The van der Waals surface area contributed by atoms with Crippen LogP contribution in [-0.4, -0.2) is 42.7 Å². The van der Waals surface area contributed by atoms with Crippen LogP contribution in [0, 0.1) is 0 Å². The van der Waals surface area contributed by atoms with Crippen molar-refractivity contribution in [2.24, 2.45) is 5.73 Å². The Labute approximate surface area is 103 Å². The lowest BCUT2D eigenvalue weighted by atomic mass is 10.0. The number of piperidine rings is 1. The Balaban J connectivity index is 2.08. The Bertz CT molecular complexity index is 331. The third-order valence-corrected chi connectivity index (χ3v) is 3.48. The summed E-state index contributed by atoms with van der Waals surface area (Å²) < 4.78 is 5.45. The maximum Gasteiger partial charge on any atom is 0.0698 e. The van der Waals surface area contributed by atoms with Crippen LogP contribution in [0.3, 0.4) is 0 Å². The molecule has 2 N–H and O–H groups in total. The Kier molecular flexibility index (Phi) is 4.48. The molecule has 0 aliphatic carbocycles. The van der Waals surface area contributed by atoms with E-state index in [1.165, 1.54) is 12.0 Å². The van der Waals surface area contributed by atoms with Gasteiger partial charge in [0.2, 0.25) is 0 Å². The molecule has 1 aliphatic rings. The van der Waals surface area contributed by atoms with E-state index in [2.05, 4.69) is 16.0 Å². The summed E-state index contributed by atoms with van der Waals surface area (Å²) in [5.74, 6) is 0. The van der Waals surface area contributed by atoms with E-state index in [9.17, 15) is 0 Å². The molecule has 0 radical (unpaired) electrons. The van der Waals surface area contributed by atoms with Crippen molar-refractivity contribution in [3.63, 3.8) is 0 Å². The van der Waals surface area contributed by atoms with E-state index in [4.69, 9.17) is 10.5 Å². The van der Waals surface area contributed by atoms with Gasteiger partial charge in [-0.15, -0.1) is 0 Å². The first-order valence-corrected chi connectivity index (χ1v) is 6.22. The molecule has 1 saturated heterocycles. The third-order valence-electron chi connectivity index (χ3n) is 3.48. The molecule has 2 unspecified atom stereocenters. The summed E-state index contributed by atoms with van der Waals surface area (Å²) in [4.78, 5) is 6.59. The first-order chi connectivity index (χ1) is 8.35. The molecule has 0 aromatic carbocycles. The van der Waals surface area contributed by atoms with Crippen LogP contribution < -0.4 is 5.73 Å². The molecule has 4 heteroatoms. The fourth-order valence-electron chi connectivity index (χ4n) is 2.51. The number of nitrogens with two attached hydrogens (primary N) is 1. The van der Waals surface area contributed by atoms with Crippen molar-refractivity contribution >= 4 is 0 Å². The van der Waals surface area contributed by atoms with Crippen molar-refractivity contribution in [3.05, 3.63) is 30.1 Å². The number of hydrogen-bond acceptors (Lipinski definition) is 4. The second-order valence-electron chi connectivity index (χ2n) is 4.53. The highest BCUT2D eigenvalue weighted by Crippen LogP contribution is 2.24. The van der Waals surface area contributed by atoms with E-state index in [1.807, 2.05) is 12.3 Å². The van der Waals surface area contributed by atoms with E-state index in [0.29, 0.717) is 12.6 Å². The molecule has 1 aliphatic heterocycles. The van der Waals surface area contributed by atoms with E-state index in [0.717, 1.165) is 19.5 Å². The van der Waals surface area contributed by atoms with Crippen molar-refractivity contribution in [3.8, 4) is 0 Å². The molecule has 0 spiro atoms. The molecular weight excluding hydrogens is 214 g/mol. The summed E-state index contributed by atoms with van der Waals surface area (Å²) in [6.45, 7) is 2.69. The quantitative estimate of drug-likeness (QED) is 0.852. The number of rotatable bonds is 4. The van der Waals surface area contributed by atoms with Gasteiger partial charge in [0.15, 0.2) is 0 Å². The van der Waals surface area contributed by atoms with Gasteiger partial charge in [-0.3, -0.25) is 9.88 Å². The van der Waals surface area contributed by atoms with Crippen LogP contribution in [0.15, 0.2) is 24.5 Å². The largest absolute Gasteiger partial charge is 0.380 e. The minimum atomic E-state index is 0.265. The SMILES string of the molecule is COC1CCCN(C(CN)c2cccnc2)C1. The normalized spacial score (nSPS) is 23.5. The monoisotopic (exact) mass is 235 g/mol. The molecule has 1 aromatic rings. The molecule has 0 saturated carbocycles. The van der Waals surface area contributed by atoms with E-state index in [-0.39, 0.29) is 6.04 Å². The molecular formula is C13H21N3O. The highest BCUT2D eigenvalue weighted by molar-refractivity contribution is 5.14. The van der Waals surface area contributed by atoms with E-state index >= 15 is 0 Å². The van der Waals surface area contributed by atoms with Crippen molar-refractivity contribution in [2.75, 3.05) is 26.7 Å². The molecule has 17 heavy (non-hydrogen) atoms. The van der Waals surface area contributed by atoms with Gasteiger partial charge in [0, 0.05) is 38.6 Å². The van der Waals surface area contributed by atoms with Crippen molar-refractivity contribution in [1.29, 1.82) is 0 Å². The number of pyridine rings is 1. The van der Waals surface area contributed by atoms with Crippen LogP contribution in [0.25, 0.3) is 0 Å². The number of ether oxygens (including phenoxy) is 1. The van der Waals surface area contributed by atoms with Gasteiger partial charge in [-0.2, -0.15) is 0 Å². The highest BCUT2D eigenvalue weighted by atomic mass is 16.5. The minimum Gasteiger partial charge on any atom is -0.380 e. The summed E-state index contributed by atoms with van der Waals surface area (Å²) in [5.41, 5.74) is 7.11. The molecule has 2 rings (SSSR count). The summed E-state index contributed by atoms with van der Waals surface area (Å²) in [5, 5.41) is 0. The first-order valence-electron chi connectivity index (χ1n) is 6.22. The van der Waals surface area contributed by atoms with Gasteiger partial charge in [0.25, 0.3) is 0 Å². The smallest absolute Gasteiger partial charge is 0.0698 e. The Morgan fingerprint density at radius 3 is 3.18 bits per heavy atom. The molecule has 4 nitrogen and oxygen atoms in total. The zero-order chi connectivity index (χ0) is 12.1. The van der Waals surface area contributed by atoms with Gasteiger partial charge < -0.3 is 10.5 Å². The fourth-order valence-corrected chi connectivity index (χ4v) is 2.51. The van der Waals surface area contributed by atoms with Gasteiger partial charge in [-0.25, -0.2) is 0 Å². The molecule has 94 valence electrons. The number of aromatic nitrogens is 1. The van der Waals surface area contributed by atoms with Crippen LogP contribution in [-0.2, 0) is 4.74 Å². The topological polar surface area (TPSA) is 51.4 Å². The van der Waals surface area contributed by atoms with E-state index < -0.39 is 0 Å². The summed E-state index contributed by atoms with van der Waals surface area (Å²) >= 11 is 0. The Morgan fingerprint density at radius 1 is 1.65 bits per heavy atom. The zero-order valence-corrected chi connectivity index (χ0v) is 10.4. The lowest BCUT2D eigenvalue weighted by molar-refractivity contribution is 0.0154. The van der Waals surface area contributed by atoms with Gasteiger partial charge >= 0.3 is 0 Å².